The fourth-order valence-electron chi connectivity index (χ4n) is 2.91. The van der Waals surface area contributed by atoms with Crippen molar-refractivity contribution >= 4 is 28.5 Å². The van der Waals surface area contributed by atoms with Crippen molar-refractivity contribution in [2.45, 2.75) is 26.3 Å². The zero-order valence-electron chi connectivity index (χ0n) is 15.7. The van der Waals surface area contributed by atoms with Crippen LogP contribution in [0, 0.1) is 18.6 Å². The Labute approximate surface area is 177 Å². The van der Waals surface area contributed by atoms with Gasteiger partial charge in [-0.25, -0.2) is 32.8 Å². The number of hydrogen-bond acceptors (Lipinski definition) is 7. The third-order valence-electron chi connectivity index (χ3n) is 4.28. The molecule has 0 aliphatic heterocycles. The molecule has 0 radical (unpaired) electrons. The zero-order valence-corrected chi connectivity index (χ0v) is 17.3. The summed E-state index contributed by atoms with van der Waals surface area (Å²) in [6, 6.07) is 3.04. The van der Waals surface area contributed by atoms with Crippen LogP contribution < -0.4 is 5.69 Å². The molecule has 0 fully saturated rings. The van der Waals surface area contributed by atoms with Crippen LogP contribution in [0.15, 0.2) is 40.9 Å². The first kappa shape index (κ1) is 20.2. The summed E-state index contributed by atoms with van der Waals surface area (Å²) in [5.41, 5.74) is 0.286. The fraction of sp³-hybridized carbons (Fsp3) is 0.211. The zero-order chi connectivity index (χ0) is 21.3. The van der Waals surface area contributed by atoms with Crippen LogP contribution in [0.2, 0.25) is 0 Å². The van der Waals surface area contributed by atoms with E-state index >= 15 is 0 Å². The molecule has 0 aliphatic carbocycles. The van der Waals surface area contributed by atoms with E-state index in [9.17, 15) is 18.4 Å². The molecule has 0 spiro atoms. The molecular formula is C19H15F2N5O2S2. The second kappa shape index (κ2) is 8.36. The number of hydrogen-bond donors (Lipinski definition) is 0. The Morgan fingerprint density at radius 1 is 1.20 bits per heavy atom. The molecule has 0 N–H and O–H groups in total. The van der Waals surface area contributed by atoms with Crippen LogP contribution in [0.3, 0.4) is 0 Å². The number of aromatic nitrogens is 5. The van der Waals surface area contributed by atoms with Gasteiger partial charge in [-0.2, -0.15) is 5.10 Å². The molecular weight excluding hydrogens is 432 g/mol. The number of carbonyl (C=O) groups excluding carboxylic acids is 1. The number of carbonyl (C=O) groups is 1. The van der Waals surface area contributed by atoms with Crippen LogP contribution in [0.5, 0.6) is 0 Å². The predicted octanol–water partition coefficient (Wildman–Crippen LogP) is 3.40. The van der Waals surface area contributed by atoms with Gasteiger partial charge < -0.3 is 0 Å². The number of ketones is 1. The Bertz CT molecular complexity index is 1240. The molecule has 30 heavy (non-hydrogen) atoms. The summed E-state index contributed by atoms with van der Waals surface area (Å²) in [4.78, 5) is 34.2. The molecule has 0 unspecified atom stereocenters. The second-order valence-electron chi connectivity index (χ2n) is 6.48. The number of thiazole rings is 2. The normalized spacial score (nSPS) is 11.2. The van der Waals surface area contributed by atoms with E-state index in [0.29, 0.717) is 28.5 Å². The Hall–Kier alpha value is -3.05. The Morgan fingerprint density at radius 3 is 2.67 bits per heavy atom. The van der Waals surface area contributed by atoms with Crippen LogP contribution in [-0.4, -0.2) is 30.1 Å². The van der Waals surface area contributed by atoms with E-state index in [1.807, 2.05) is 5.38 Å². The Morgan fingerprint density at radius 2 is 1.97 bits per heavy atom. The number of nitrogens with zero attached hydrogens (tertiary/aromatic N) is 5. The lowest BCUT2D eigenvalue weighted by Crippen LogP contribution is -2.24. The van der Waals surface area contributed by atoms with Crippen LogP contribution in [-0.2, 0) is 13.0 Å². The topological polar surface area (TPSA) is 82.7 Å². The maximum atomic E-state index is 13.4. The van der Waals surface area contributed by atoms with E-state index in [0.717, 1.165) is 39.2 Å². The summed E-state index contributed by atoms with van der Waals surface area (Å²) in [6.07, 6.45) is 3.82. The first-order valence-electron chi connectivity index (χ1n) is 8.89. The molecule has 3 aromatic heterocycles. The van der Waals surface area contributed by atoms with Gasteiger partial charge in [0, 0.05) is 30.5 Å². The minimum atomic E-state index is -0.728. The van der Waals surface area contributed by atoms with Crippen molar-refractivity contribution in [1.82, 2.24) is 24.3 Å². The minimum absolute atomic E-state index is 0.0675. The molecule has 7 nitrogen and oxygen atoms in total. The molecule has 4 rings (SSSR count). The van der Waals surface area contributed by atoms with E-state index in [4.69, 9.17) is 0 Å². The number of halogens is 2. The van der Waals surface area contributed by atoms with Crippen molar-refractivity contribution in [1.29, 1.82) is 0 Å². The number of aryl methyl sites for hydroxylation is 2. The van der Waals surface area contributed by atoms with Crippen molar-refractivity contribution in [2.24, 2.45) is 0 Å². The van der Waals surface area contributed by atoms with E-state index in [-0.39, 0.29) is 17.9 Å². The fourth-order valence-corrected chi connectivity index (χ4v) is 4.52. The highest BCUT2D eigenvalue weighted by molar-refractivity contribution is 7.16. The smallest absolute Gasteiger partial charge is 0.293 e. The van der Waals surface area contributed by atoms with Gasteiger partial charge in [0.15, 0.2) is 10.9 Å². The highest BCUT2D eigenvalue weighted by Gasteiger charge is 2.19. The monoisotopic (exact) mass is 447 g/mol. The van der Waals surface area contributed by atoms with Crippen molar-refractivity contribution in [3.8, 4) is 5.13 Å². The quantitative estimate of drug-likeness (QED) is 0.406. The van der Waals surface area contributed by atoms with Gasteiger partial charge in [0.05, 0.1) is 22.1 Å². The largest absolute Gasteiger partial charge is 0.352 e. The molecule has 0 saturated heterocycles. The predicted molar refractivity (Wildman–Crippen MR) is 108 cm³/mol. The molecule has 11 heteroatoms. The van der Waals surface area contributed by atoms with Crippen LogP contribution in [0.1, 0.15) is 32.4 Å². The molecule has 154 valence electrons. The Kier molecular flexibility index (Phi) is 5.64. The first-order valence-corrected chi connectivity index (χ1v) is 10.6. The lowest BCUT2D eigenvalue weighted by atomic mass is 10.2. The van der Waals surface area contributed by atoms with Gasteiger partial charge in [0.25, 0.3) is 0 Å². The third kappa shape index (κ3) is 4.26. The second-order valence-corrected chi connectivity index (χ2v) is 8.44. The first-order chi connectivity index (χ1) is 14.4. The molecule has 0 amide bonds. The van der Waals surface area contributed by atoms with Gasteiger partial charge in [-0.15, -0.1) is 11.3 Å². The van der Waals surface area contributed by atoms with E-state index < -0.39 is 17.3 Å². The van der Waals surface area contributed by atoms with Crippen LogP contribution in [0.25, 0.3) is 5.13 Å². The number of benzene rings is 1. The van der Waals surface area contributed by atoms with Gasteiger partial charge in [0.2, 0.25) is 0 Å². The Balaban J connectivity index is 1.54. The molecule has 3 heterocycles. The van der Waals surface area contributed by atoms with Crippen LogP contribution >= 0.6 is 22.7 Å². The molecule has 0 atom stereocenters. The molecule has 1 aromatic carbocycles. The van der Waals surface area contributed by atoms with Crippen molar-refractivity contribution in [3.05, 3.63) is 79.4 Å². The molecule has 4 aromatic rings. The van der Waals surface area contributed by atoms with Crippen molar-refractivity contribution < 1.29 is 13.6 Å². The highest BCUT2D eigenvalue weighted by atomic mass is 32.1. The van der Waals surface area contributed by atoms with Gasteiger partial charge in [-0.1, -0.05) is 11.3 Å². The molecule has 0 aliphatic rings. The van der Waals surface area contributed by atoms with E-state index in [2.05, 4.69) is 15.1 Å². The molecule has 0 bridgehead atoms. The van der Waals surface area contributed by atoms with E-state index in [1.165, 1.54) is 22.2 Å². The van der Waals surface area contributed by atoms with Gasteiger partial charge in [-0.05, 0) is 24.6 Å². The highest BCUT2D eigenvalue weighted by Crippen LogP contribution is 2.23. The summed E-state index contributed by atoms with van der Waals surface area (Å²) < 4.78 is 29.1. The van der Waals surface area contributed by atoms with E-state index in [1.54, 1.807) is 13.1 Å². The van der Waals surface area contributed by atoms with Gasteiger partial charge in [0.1, 0.15) is 18.0 Å². The number of Topliss-reactive ketones (excluding diaryl/α,β-unsaturated/α-hetero) is 1. The summed E-state index contributed by atoms with van der Waals surface area (Å²) >= 11 is 2.60. The van der Waals surface area contributed by atoms with Crippen LogP contribution in [0.4, 0.5) is 8.78 Å². The summed E-state index contributed by atoms with van der Waals surface area (Å²) in [6.45, 7) is 1.62. The lowest BCUT2D eigenvalue weighted by molar-refractivity contribution is 0.0986. The third-order valence-corrected chi connectivity index (χ3v) is 6.32. The maximum absolute atomic E-state index is 13.4. The average molecular weight is 447 g/mol. The summed E-state index contributed by atoms with van der Waals surface area (Å²) in [5.74, 6) is -1.52. The summed E-state index contributed by atoms with van der Waals surface area (Å²) in [5, 5.41) is 7.05. The minimum Gasteiger partial charge on any atom is -0.293 e. The lowest BCUT2D eigenvalue weighted by Gasteiger charge is -2.01. The van der Waals surface area contributed by atoms with Crippen molar-refractivity contribution in [2.75, 3.05) is 0 Å². The van der Waals surface area contributed by atoms with Crippen molar-refractivity contribution in [3.63, 3.8) is 0 Å². The average Bonchev–Trinajstić information content (AvgIpc) is 3.41. The molecule has 0 saturated carbocycles. The SMILES string of the molecule is Cc1nc(-n2cnn(Cc3cc(F)cc(F)c3)c2=O)sc1C(=O)CCc1nccs1. The number of rotatable bonds is 7. The standard InChI is InChI=1S/C19H15F2N5O2S2/c1-11-17(15(27)2-3-16-22-4-5-29-16)30-18(24-11)25-10-23-26(19(25)28)9-12-6-13(20)8-14(21)7-12/h4-8,10H,2-3,9H2,1H3. The van der Waals surface area contributed by atoms with Gasteiger partial charge >= 0.3 is 5.69 Å². The maximum Gasteiger partial charge on any atom is 0.352 e. The summed E-state index contributed by atoms with van der Waals surface area (Å²) in [7, 11) is 0. The van der Waals surface area contributed by atoms with Gasteiger partial charge in [-0.3, -0.25) is 4.79 Å².